The average molecular weight is 372 g/mol. The van der Waals surface area contributed by atoms with Gasteiger partial charge in [0.25, 0.3) is 5.69 Å². The van der Waals surface area contributed by atoms with Crippen molar-refractivity contribution in [3.8, 4) is 0 Å². The van der Waals surface area contributed by atoms with E-state index < -0.39 is 10.9 Å². The Kier molecular flexibility index (Phi) is 3.43. The number of hydrogen-bond donors (Lipinski definition) is 1. The zero-order chi connectivity index (χ0) is 10.9. The quantitative estimate of drug-likeness (QED) is 0.492. The fourth-order valence-corrected chi connectivity index (χ4v) is 1.84. The lowest BCUT2D eigenvalue weighted by Crippen LogP contribution is -2.01. The summed E-state index contributed by atoms with van der Waals surface area (Å²) < 4.78 is 0.852. The van der Waals surface area contributed by atoms with Crippen molar-refractivity contribution in [3.63, 3.8) is 0 Å². The molecule has 1 N–H and O–H groups in total. The molecule has 0 fully saturated rings. The lowest BCUT2D eigenvalue weighted by molar-refractivity contribution is -0.385. The Morgan fingerprint density at radius 3 is 2.57 bits per heavy atom. The predicted octanol–water partition coefficient (Wildman–Crippen LogP) is 2.66. The van der Waals surface area contributed by atoms with E-state index in [0.717, 1.165) is 6.07 Å². The molecule has 0 saturated carbocycles. The van der Waals surface area contributed by atoms with Crippen LogP contribution in [0.25, 0.3) is 0 Å². The Balaban J connectivity index is 3.43. The summed E-state index contributed by atoms with van der Waals surface area (Å²) in [6.45, 7) is 0. The molecule has 1 aromatic carbocycles. The number of rotatable bonds is 2. The van der Waals surface area contributed by atoms with Gasteiger partial charge < -0.3 is 5.11 Å². The third-order valence-electron chi connectivity index (χ3n) is 1.45. The van der Waals surface area contributed by atoms with E-state index >= 15 is 0 Å². The largest absolute Gasteiger partial charge is 0.478 e. The maximum absolute atomic E-state index is 10.7. The van der Waals surface area contributed by atoms with Crippen molar-refractivity contribution in [2.45, 2.75) is 0 Å². The van der Waals surface area contributed by atoms with Gasteiger partial charge in [-0.05, 0) is 38.5 Å². The van der Waals surface area contributed by atoms with Crippen molar-refractivity contribution >= 4 is 50.2 Å². The van der Waals surface area contributed by atoms with Crippen molar-refractivity contribution in [2.24, 2.45) is 0 Å². The molecule has 0 bridgehead atoms. The van der Waals surface area contributed by atoms with E-state index in [9.17, 15) is 14.9 Å². The third-order valence-corrected chi connectivity index (χ3v) is 3.90. The first-order valence-corrected chi connectivity index (χ1v) is 5.17. The number of non-ortho nitro benzene ring substituents is 1. The van der Waals surface area contributed by atoms with Crippen LogP contribution in [-0.4, -0.2) is 16.0 Å². The minimum atomic E-state index is -1.20. The Bertz CT molecular complexity index is 420. The van der Waals surface area contributed by atoms with Gasteiger partial charge in [-0.25, -0.2) is 4.79 Å². The van der Waals surface area contributed by atoms with Crippen LogP contribution in [0.3, 0.4) is 0 Å². The van der Waals surface area contributed by atoms with Crippen LogP contribution in [0.4, 0.5) is 5.69 Å². The van der Waals surface area contributed by atoms with E-state index in [1.165, 1.54) is 6.07 Å². The second-order valence-corrected chi connectivity index (χ2v) is 4.31. The topological polar surface area (TPSA) is 80.4 Å². The number of carboxylic acids is 1. The summed E-state index contributed by atoms with van der Waals surface area (Å²) in [4.78, 5) is 20.5. The molecule has 0 spiro atoms. The highest BCUT2D eigenvalue weighted by atomic mass is 127. The van der Waals surface area contributed by atoms with Crippen LogP contribution in [0.2, 0.25) is 0 Å². The second-order valence-electron chi connectivity index (χ2n) is 2.35. The van der Waals surface area contributed by atoms with Gasteiger partial charge in [-0.2, -0.15) is 0 Å². The van der Waals surface area contributed by atoms with E-state index in [4.69, 9.17) is 5.11 Å². The summed E-state index contributed by atoms with van der Waals surface area (Å²) >= 11 is 4.88. The standard InChI is InChI=1S/C7H3BrINO4/c8-6-4(7(11)12)1-3(10(13)14)2-5(6)9/h1-2H,(H,11,12). The summed E-state index contributed by atoms with van der Waals surface area (Å²) in [5.74, 6) is -1.20. The van der Waals surface area contributed by atoms with Gasteiger partial charge in [0.2, 0.25) is 0 Å². The first kappa shape index (κ1) is 11.4. The number of nitrogens with zero attached hydrogens (tertiary/aromatic N) is 1. The number of carbonyl (C=O) groups is 1. The van der Waals surface area contributed by atoms with Crippen LogP contribution in [0, 0.1) is 13.7 Å². The Labute approximate surface area is 101 Å². The van der Waals surface area contributed by atoms with Crippen molar-refractivity contribution in [1.82, 2.24) is 0 Å². The maximum Gasteiger partial charge on any atom is 0.337 e. The molecular formula is C7H3BrINO4. The normalized spacial score (nSPS) is 9.86. The van der Waals surface area contributed by atoms with Gasteiger partial charge in [-0.3, -0.25) is 10.1 Å². The Morgan fingerprint density at radius 1 is 1.57 bits per heavy atom. The first-order chi connectivity index (χ1) is 6.43. The van der Waals surface area contributed by atoms with Crippen LogP contribution in [0.1, 0.15) is 10.4 Å². The lowest BCUT2D eigenvalue weighted by atomic mass is 10.2. The third kappa shape index (κ3) is 2.21. The summed E-state index contributed by atoms with van der Waals surface area (Å²) in [5, 5.41) is 19.2. The number of nitro groups is 1. The van der Waals surface area contributed by atoms with Crippen LogP contribution in [0.5, 0.6) is 0 Å². The molecule has 0 aliphatic carbocycles. The summed E-state index contributed by atoms with van der Waals surface area (Å²) in [7, 11) is 0. The van der Waals surface area contributed by atoms with E-state index in [-0.39, 0.29) is 11.3 Å². The molecule has 74 valence electrons. The van der Waals surface area contributed by atoms with Gasteiger partial charge in [-0.1, -0.05) is 0 Å². The van der Waals surface area contributed by atoms with Crippen LogP contribution in [0.15, 0.2) is 16.6 Å². The molecule has 5 nitrogen and oxygen atoms in total. The first-order valence-electron chi connectivity index (χ1n) is 3.30. The highest BCUT2D eigenvalue weighted by Gasteiger charge is 2.17. The average Bonchev–Trinajstić information content (AvgIpc) is 2.08. The van der Waals surface area contributed by atoms with Gasteiger partial charge in [0.15, 0.2) is 0 Å². The molecule has 0 heterocycles. The molecule has 0 aromatic heterocycles. The zero-order valence-corrected chi connectivity index (χ0v) is 10.3. The molecule has 0 saturated heterocycles. The zero-order valence-electron chi connectivity index (χ0n) is 6.53. The molecule has 0 unspecified atom stereocenters. The minimum absolute atomic E-state index is 0.108. The second kappa shape index (κ2) is 4.22. The maximum atomic E-state index is 10.7. The SMILES string of the molecule is O=C(O)c1cc([N+](=O)[O-])cc(I)c1Br. The highest BCUT2D eigenvalue weighted by Crippen LogP contribution is 2.28. The number of aromatic carboxylic acids is 1. The fraction of sp³-hybridized carbons (Fsp3) is 0. The van der Waals surface area contributed by atoms with E-state index in [2.05, 4.69) is 15.9 Å². The van der Waals surface area contributed by atoms with E-state index in [1.54, 1.807) is 0 Å². The molecule has 0 atom stereocenters. The lowest BCUT2D eigenvalue weighted by Gasteiger charge is -2.01. The van der Waals surface area contributed by atoms with Crippen molar-refractivity contribution in [1.29, 1.82) is 0 Å². The molecule has 14 heavy (non-hydrogen) atoms. The molecular weight excluding hydrogens is 369 g/mol. The van der Waals surface area contributed by atoms with Crippen LogP contribution in [-0.2, 0) is 0 Å². The van der Waals surface area contributed by atoms with Crippen molar-refractivity contribution in [2.75, 3.05) is 0 Å². The Hall–Kier alpha value is -0.700. The monoisotopic (exact) mass is 371 g/mol. The summed E-state index contributed by atoms with van der Waals surface area (Å²) in [6, 6.07) is 2.33. The number of hydrogen-bond acceptors (Lipinski definition) is 3. The van der Waals surface area contributed by atoms with Crippen LogP contribution >= 0.6 is 38.5 Å². The van der Waals surface area contributed by atoms with Gasteiger partial charge in [0.05, 0.1) is 10.5 Å². The van der Waals surface area contributed by atoms with Crippen LogP contribution < -0.4 is 0 Å². The van der Waals surface area contributed by atoms with E-state index in [0.29, 0.717) is 8.04 Å². The number of halogens is 2. The molecule has 7 heteroatoms. The molecule has 0 aliphatic heterocycles. The number of carboxylic acid groups (broad SMARTS) is 1. The summed E-state index contributed by atoms with van der Waals surface area (Å²) in [5.41, 5.74) is -0.335. The van der Waals surface area contributed by atoms with Gasteiger partial charge >= 0.3 is 5.97 Å². The minimum Gasteiger partial charge on any atom is -0.478 e. The molecule has 0 aliphatic rings. The van der Waals surface area contributed by atoms with Crippen molar-refractivity contribution in [3.05, 3.63) is 35.9 Å². The fourth-order valence-electron chi connectivity index (χ4n) is 0.836. The smallest absolute Gasteiger partial charge is 0.337 e. The van der Waals surface area contributed by atoms with Gasteiger partial charge in [-0.15, -0.1) is 0 Å². The summed E-state index contributed by atoms with van der Waals surface area (Å²) in [6.07, 6.45) is 0. The van der Waals surface area contributed by atoms with Gasteiger partial charge in [0.1, 0.15) is 0 Å². The molecule has 0 radical (unpaired) electrons. The number of nitro benzene ring substituents is 1. The Morgan fingerprint density at radius 2 is 2.14 bits per heavy atom. The van der Waals surface area contributed by atoms with E-state index in [1.807, 2.05) is 22.6 Å². The molecule has 1 aromatic rings. The number of benzene rings is 1. The van der Waals surface area contributed by atoms with Gasteiger partial charge in [0, 0.05) is 20.2 Å². The molecule has 1 rings (SSSR count). The van der Waals surface area contributed by atoms with Crippen molar-refractivity contribution < 1.29 is 14.8 Å². The highest BCUT2D eigenvalue weighted by molar-refractivity contribution is 14.1. The predicted molar refractivity (Wildman–Crippen MR) is 60.5 cm³/mol. The molecule has 0 amide bonds.